The Bertz CT molecular complexity index is 464. The number of allylic oxidation sites excluding steroid dienone is 3. The summed E-state index contributed by atoms with van der Waals surface area (Å²) in [6.07, 6.45) is 22.0. The molecule has 0 aliphatic heterocycles. The summed E-state index contributed by atoms with van der Waals surface area (Å²) in [5.74, 6) is -0.546. The van der Waals surface area contributed by atoms with Gasteiger partial charge in [0, 0.05) is 0 Å². The molecule has 0 heterocycles. The first-order valence-corrected chi connectivity index (χ1v) is 12.7. The van der Waals surface area contributed by atoms with Crippen molar-refractivity contribution in [3.8, 4) is 0 Å². The molecule has 3 unspecified atom stereocenters. The average molecular weight is 440 g/mol. The minimum Gasteiger partial charge on any atom is -0.394 e. The van der Waals surface area contributed by atoms with Gasteiger partial charge in [0.1, 0.15) is 6.10 Å². The number of aliphatic hydroxyl groups is 3. The van der Waals surface area contributed by atoms with Gasteiger partial charge in [-0.2, -0.15) is 0 Å². The highest BCUT2D eigenvalue weighted by Crippen LogP contribution is 2.09. The fraction of sp³-hybridized carbons (Fsp3) is 0.808. The molecule has 3 atom stereocenters. The van der Waals surface area contributed by atoms with Crippen LogP contribution >= 0.6 is 0 Å². The molecule has 4 N–H and O–H groups in total. The number of carbonyl (C=O) groups is 1. The second-order valence-corrected chi connectivity index (χ2v) is 8.54. The van der Waals surface area contributed by atoms with Gasteiger partial charge in [-0.15, -0.1) is 0 Å². The van der Waals surface area contributed by atoms with Crippen molar-refractivity contribution >= 4 is 5.91 Å². The lowest BCUT2D eigenvalue weighted by molar-refractivity contribution is -0.131. The van der Waals surface area contributed by atoms with Gasteiger partial charge >= 0.3 is 0 Å². The minimum absolute atomic E-state index is 0.333. The molecule has 0 saturated carbocycles. The fourth-order valence-electron chi connectivity index (χ4n) is 3.42. The molecule has 0 aromatic rings. The zero-order valence-corrected chi connectivity index (χ0v) is 20.1. The molecule has 0 radical (unpaired) electrons. The van der Waals surface area contributed by atoms with Crippen molar-refractivity contribution < 1.29 is 20.1 Å². The molecule has 0 spiro atoms. The van der Waals surface area contributed by atoms with E-state index >= 15 is 0 Å². The monoisotopic (exact) mass is 439 g/mol. The average Bonchev–Trinajstić information content (AvgIpc) is 2.77. The zero-order valence-electron chi connectivity index (χ0n) is 20.1. The number of aliphatic hydroxyl groups excluding tert-OH is 3. The summed E-state index contributed by atoms with van der Waals surface area (Å²) in [5.41, 5.74) is 0. The Balaban J connectivity index is 4.02. The molecule has 1 amide bonds. The molecule has 0 bridgehead atoms. The number of unbranched alkanes of at least 4 members (excludes halogenated alkanes) is 11. The third-order valence-corrected chi connectivity index (χ3v) is 5.54. The van der Waals surface area contributed by atoms with Crippen molar-refractivity contribution in [3.05, 3.63) is 24.3 Å². The smallest absolute Gasteiger partial charge is 0.249 e. The SMILES string of the molecule is CCCCCC/C=C\CCC(O)C(=O)NC(CO)C(O)/C=C/CCCCCCCCC. The Morgan fingerprint density at radius 3 is 1.90 bits per heavy atom. The minimum atomic E-state index is -1.14. The van der Waals surface area contributed by atoms with Crippen LogP contribution in [-0.4, -0.2) is 46.1 Å². The predicted molar refractivity (Wildman–Crippen MR) is 130 cm³/mol. The van der Waals surface area contributed by atoms with E-state index in [-0.39, 0.29) is 6.61 Å². The summed E-state index contributed by atoms with van der Waals surface area (Å²) >= 11 is 0. The second kappa shape index (κ2) is 22.0. The zero-order chi connectivity index (χ0) is 23.2. The molecule has 0 aromatic heterocycles. The van der Waals surface area contributed by atoms with Gasteiger partial charge in [-0.1, -0.05) is 95.9 Å². The summed E-state index contributed by atoms with van der Waals surface area (Å²) in [7, 11) is 0. The van der Waals surface area contributed by atoms with Gasteiger partial charge in [-0.25, -0.2) is 0 Å². The standard InChI is InChI=1S/C26H49NO4/c1-3-5-7-9-11-13-15-16-18-20-24(29)23(22-28)27-26(31)25(30)21-19-17-14-12-10-8-6-4-2/h14,17-18,20,23-25,28-30H,3-13,15-16,19,21-22H2,1-2H3,(H,27,31)/b17-14-,20-18+. The van der Waals surface area contributed by atoms with E-state index in [0.717, 1.165) is 19.3 Å². The highest BCUT2D eigenvalue weighted by molar-refractivity contribution is 5.80. The first-order valence-electron chi connectivity index (χ1n) is 12.7. The van der Waals surface area contributed by atoms with Crippen LogP contribution in [0.2, 0.25) is 0 Å². The van der Waals surface area contributed by atoms with Crippen molar-refractivity contribution in [2.24, 2.45) is 0 Å². The van der Waals surface area contributed by atoms with E-state index in [2.05, 4.69) is 25.2 Å². The fourth-order valence-corrected chi connectivity index (χ4v) is 3.42. The maximum absolute atomic E-state index is 12.1. The number of hydrogen-bond acceptors (Lipinski definition) is 4. The van der Waals surface area contributed by atoms with Crippen LogP contribution in [0.5, 0.6) is 0 Å². The highest BCUT2D eigenvalue weighted by Gasteiger charge is 2.22. The number of hydrogen-bond donors (Lipinski definition) is 4. The normalized spacial score (nSPS) is 14.9. The maximum atomic E-state index is 12.1. The highest BCUT2D eigenvalue weighted by atomic mass is 16.3. The van der Waals surface area contributed by atoms with Crippen molar-refractivity contribution in [1.82, 2.24) is 5.32 Å². The summed E-state index contributed by atoms with van der Waals surface area (Å²) < 4.78 is 0. The van der Waals surface area contributed by atoms with E-state index in [4.69, 9.17) is 0 Å². The third kappa shape index (κ3) is 18.1. The lowest BCUT2D eigenvalue weighted by Gasteiger charge is -2.21. The Hall–Kier alpha value is -1.17. The third-order valence-electron chi connectivity index (χ3n) is 5.54. The van der Waals surface area contributed by atoms with Crippen molar-refractivity contribution in [3.63, 3.8) is 0 Å². The van der Waals surface area contributed by atoms with E-state index in [0.29, 0.717) is 12.8 Å². The molecule has 31 heavy (non-hydrogen) atoms. The topological polar surface area (TPSA) is 89.8 Å². The molecule has 0 fully saturated rings. The van der Waals surface area contributed by atoms with Crippen molar-refractivity contribution in [2.45, 2.75) is 128 Å². The number of carbonyl (C=O) groups excluding carboxylic acids is 1. The van der Waals surface area contributed by atoms with Crippen LogP contribution in [0, 0.1) is 0 Å². The van der Waals surface area contributed by atoms with Gasteiger partial charge < -0.3 is 20.6 Å². The van der Waals surface area contributed by atoms with Crippen LogP contribution in [0.3, 0.4) is 0 Å². The Kier molecular flexibility index (Phi) is 21.2. The molecule has 0 rings (SSSR count). The van der Waals surface area contributed by atoms with Crippen LogP contribution < -0.4 is 5.32 Å². The number of nitrogens with one attached hydrogen (secondary N) is 1. The summed E-state index contributed by atoms with van der Waals surface area (Å²) in [4.78, 5) is 12.1. The second-order valence-electron chi connectivity index (χ2n) is 8.54. The molecule has 0 saturated heterocycles. The van der Waals surface area contributed by atoms with Crippen LogP contribution in [0.15, 0.2) is 24.3 Å². The summed E-state index contributed by atoms with van der Waals surface area (Å²) in [5, 5.41) is 32.3. The van der Waals surface area contributed by atoms with E-state index in [1.165, 1.54) is 64.2 Å². The van der Waals surface area contributed by atoms with Gasteiger partial charge in [-0.3, -0.25) is 4.79 Å². The van der Waals surface area contributed by atoms with Gasteiger partial charge in [0.15, 0.2) is 0 Å². The predicted octanol–water partition coefficient (Wildman–Crippen LogP) is 5.19. The van der Waals surface area contributed by atoms with Crippen LogP contribution in [0.25, 0.3) is 0 Å². The van der Waals surface area contributed by atoms with Crippen LogP contribution in [0.4, 0.5) is 0 Å². The van der Waals surface area contributed by atoms with Gasteiger partial charge in [0.25, 0.3) is 0 Å². The lowest BCUT2D eigenvalue weighted by atomic mass is 10.1. The number of rotatable bonds is 21. The largest absolute Gasteiger partial charge is 0.394 e. The maximum Gasteiger partial charge on any atom is 0.249 e. The molecule has 5 nitrogen and oxygen atoms in total. The molecule has 182 valence electrons. The van der Waals surface area contributed by atoms with E-state index in [1.54, 1.807) is 6.08 Å². The van der Waals surface area contributed by atoms with E-state index < -0.39 is 24.2 Å². The lowest BCUT2D eigenvalue weighted by Crippen LogP contribution is -2.48. The summed E-state index contributed by atoms with van der Waals surface area (Å²) in [6.45, 7) is 4.03. The first-order chi connectivity index (χ1) is 15.1. The van der Waals surface area contributed by atoms with Gasteiger partial charge in [0.2, 0.25) is 5.91 Å². The molecule has 0 aliphatic carbocycles. The van der Waals surface area contributed by atoms with Crippen LogP contribution in [-0.2, 0) is 4.79 Å². The van der Waals surface area contributed by atoms with Crippen LogP contribution in [0.1, 0.15) is 110 Å². The summed E-state index contributed by atoms with van der Waals surface area (Å²) in [6, 6.07) is -0.804. The molecular weight excluding hydrogens is 390 g/mol. The Labute approximate surface area is 191 Å². The first kappa shape index (κ1) is 29.8. The molecule has 5 heteroatoms. The van der Waals surface area contributed by atoms with Gasteiger partial charge in [-0.05, 0) is 38.5 Å². The van der Waals surface area contributed by atoms with Crippen molar-refractivity contribution in [2.75, 3.05) is 6.61 Å². The van der Waals surface area contributed by atoms with Gasteiger partial charge in [0.05, 0.1) is 18.8 Å². The van der Waals surface area contributed by atoms with E-state index in [9.17, 15) is 20.1 Å². The quantitative estimate of drug-likeness (QED) is 0.146. The number of amides is 1. The molecular formula is C26H49NO4. The Morgan fingerprint density at radius 1 is 0.774 bits per heavy atom. The molecule has 0 aromatic carbocycles. The Morgan fingerprint density at radius 2 is 1.29 bits per heavy atom. The van der Waals surface area contributed by atoms with E-state index in [1.807, 2.05) is 12.2 Å². The molecule has 0 aliphatic rings. The van der Waals surface area contributed by atoms with Crippen molar-refractivity contribution in [1.29, 1.82) is 0 Å².